The van der Waals surface area contributed by atoms with Crippen LogP contribution in [0.3, 0.4) is 0 Å². The van der Waals surface area contributed by atoms with Crippen LogP contribution in [-0.2, 0) is 0 Å². The molecule has 1 aliphatic carbocycles. The van der Waals surface area contributed by atoms with E-state index in [1.54, 1.807) is 6.07 Å². The first-order valence-corrected chi connectivity index (χ1v) is 9.89. The number of amides is 1. The van der Waals surface area contributed by atoms with Gasteiger partial charge in [0.25, 0.3) is 0 Å². The third kappa shape index (κ3) is 5.76. The van der Waals surface area contributed by atoms with E-state index in [0.717, 1.165) is 30.9 Å². The molecule has 0 saturated heterocycles. The lowest BCUT2D eigenvalue weighted by molar-refractivity contribution is 0.1000. The van der Waals surface area contributed by atoms with Gasteiger partial charge in [-0.1, -0.05) is 19.9 Å². The van der Waals surface area contributed by atoms with Crippen molar-refractivity contribution in [3.63, 3.8) is 0 Å². The number of primary amides is 1. The van der Waals surface area contributed by atoms with Crippen LogP contribution in [0.15, 0.2) is 36.5 Å². The zero-order valence-corrected chi connectivity index (χ0v) is 16.5. The molecule has 1 heterocycles. The van der Waals surface area contributed by atoms with Crippen molar-refractivity contribution in [3.05, 3.63) is 53.5 Å². The molecule has 1 aromatic heterocycles. The number of carbonyl (C=O) groups is 1. The molecule has 1 saturated carbocycles. The van der Waals surface area contributed by atoms with Gasteiger partial charge in [-0.05, 0) is 67.8 Å². The minimum absolute atomic E-state index is 0.105. The van der Waals surface area contributed by atoms with Crippen molar-refractivity contribution < 1.29 is 13.9 Å². The standard InChI is InChI=1S/C22H28FN3O2/c1-14(2)3-8-19(25-12-15-4-5-15)16-6-9-20(18(23)11-16)28-21-10-7-17(13-26-21)22(24)27/h6-7,9-11,13-15,19,25H,3-5,8,12H2,1-2H3,(H2,24,27). The summed E-state index contributed by atoms with van der Waals surface area (Å²) in [6, 6.07) is 8.21. The Kier molecular flexibility index (Phi) is 6.62. The van der Waals surface area contributed by atoms with E-state index in [1.807, 2.05) is 6.07 Å². The van der Waals surface area contributed by atoms with E-state index in [2.05, 4.69) is 24.1 Å². The molecule has 28 heavy (non-hydrogen) atoms. The Bertz CT molecular complexity index is 798. The first-order chi connectivity index (χ1) is 13.4. The van der Waals surface area contributed by atoms with Gasteiger partial charge in [0, 0.05) is 18.3 Å². The smallest absolute Gasteiger partial charge is 0.250 e. The fourth-order valence-corrected chi connectivity index (χ4v) is 3.03. The van der Waals surface area contributed by atoms with Gasteiger partial charge in [0.05, 0.1) is 5.56 Å². The van der Waals surface area contributed by atoms with Crippen molar-refractivity contribution in [3.8, 4) is 11.6 Å². The van der Waals surface area contributed by atoms with Crippen molar-refractivity contribution in [1.29, 1.82) is 0 Å². The molecule has 0 radical (unpaired) electrons. The topological polar surface area (TPSA) is 77.2 Å². The molecule has 1 aromatic carbocycles. The Morgan fingerprint density at radius 2 is 2.07 bits per heavy atom. The summed E-state index contributed by atoms with van der Waals surface area (Å²) in [4.78, 5) is 15.1. The summed E-state index contributed by atoms with van der Waals surface area (Å²) in [6.07, 6.45) is 5.94. The lowest BCUT2D eigenvalue weighted by atomic mass is 9.97. The zero-order valence-electron chi connectivity index (χ0n) is 16.5. The van der Waals surface area contributed by atoms with E-state index in [1.165, 1.54) is 37.2 Å². The second-order valence-electron chi connectivity index (χ2n) is 7.92. The molecule has 3 rings (SSSR count). The number of nitrogens with two attached hydrogens (primary N) is 1. The van der Waals surface area contributed by atoms with Gasteiger partial charge in [-0.15, -0.1) is 0 Å². The molecule has 1 atom stereocenters. The highest BCUT2D eigenvalue weighted by atomic mass is 19.1. The molecule has 3 N–H and O–H groups in total. The molecule has 2 aromatic rings. The average Bonchev–Trinajstić information content (AvgIpc) is 3.48. The van der Waals surface area contributed by atoms with Crippen LogP contribution in [0, 0.1) is 17.7 Å². The third-order valence-electron chi connectivity index (χ3n) is 4.98. The van der Waals surface area contributed by atoms with Crippen LogP contribution >= 0.6 is 0 Å². The molecule has 1 unspecified atom stereocenters. The van der Waals surface area contributed by atoms with Crippen molar-refractivity contribution in [2.75, 3.05) is 6.54 Å². The highest BCUT2D eigenvalue weighted by Crippen LogP contribution is 2.31. The number of ether oxygens (including phenoxy) is 1. The number of aromatic nitrogens is 1. The Balaban J connectivity index is 1.70. The van der Waals surface area contributed by atoms with Gasteiger partial charge in [-0.2, -0.15) is 0 Å². The lowest BCUT2D eigenvalue weighted by Crippen LogP contribution is -2.24. The normalized spacial score (nSPS) is 14.9. The Labute approximate surface area is 165 Å². The molecular formula is C22H28FN3O2. The van der Waals surface area contributed by atoms with Gasteiger partial charge in [-0.25, -0.2) is 9.37 Å². The largest absolute Gasteiger partial charge is 0.436 e. The second-order valence-corrected chi connectivity index (χ2v) is 7.92. The zero-order chi connectivity index (χ0) is 20.1. The first-order valence-electron chi connectivity index (χ1n) is 9.89. The number of nitrogens with one attached hydrogen (secondary N) is 1. The van der Waals surface area contributed by atoms with Gasteiger partial charge < -0.3 is 15.8 Å². The third-order valence-corrected chi connectivity index (χ3v) is 4.98. The summed E-state index contributed by atoms with van der Waals surface area (Å²) >= 11 is 0. The fraction of sp³-hybridized carbons (Fsp3) is 0.455. The molecule has 5 nitrogen and oxygen atoms in total. The molecule has 1 aliphatic rings. The number of carbonyl (C=O) groups excluding carboxylic acids is 1. The Hall–Kier alpha value is -2.47. The quantitative estimate of drug-likeness (QED) is 0.627. The van der Waals surface area contributed by atoms with E-state index >= 15 is 0 Å². The molecule has 0 spiro atoms. The van der Waals surface area contributed by atoms with Gasteiger partial charge in [0.2, 0.25) is 11.8 Å². The number of rotatable bonds is 10. The van der Waals surface area contributed by atoms with E-state index in [0.29, 0.717) is 5.92 Å². The summed E-state index contributed by atoms with van der Waals surface area (Å²) in [7, 11) is 0. The first kappa shape index (κ1) is 20.3. The van der Waals surface area contributed by atoms with Crippen LogP contribution in [0.5, 0.6) is 11.6 Å². The second kappa shape index (κ2) is 9.15. The van der Waals surface area contributed by atoms with Crippen LogP contribution in [0.1, 0.15) is 61.5 Å². The molecular weight excluding hydrogens is 357 g/mol. The van der Waals surface area contributed by atoms with Gasteiger partial charge >= 0.3 is 0 Å². The summed E-state index contributed by atoms with van der Waals surface area (Å²) in [5, 5.41) is 3.60. The lowest BCUT2D eigenvalue weighted by Gasteiger charge is -2.21. The fourth-order valence-electron chi connectivity index (χ4n) is 3.03. The summed E-state index contributed by atoms with van der Waals surface area (Å²) in [5.41, 5.74) is 6.40. The van der Waals surface area contributed by atoms with Crippen molar-refractivity contribution >= 4 is 5.91 Å². The Morgan fingerprint density at radius 3 is 2.64 bits per heavy atom. The van der Waals surface area contributed by atoms with Crippen molar-refractivity contribution in [2.45, 2.75) is 45.6 Å². The van der Waals surface area contributed by atoms with Gasteiger partial charge in [-0.3, -0.25) is 4.79 Å². The van der Waals surface area contributed by atoms with Crippen LogP contribution in [-0.4, -0.2) is 17.4 Å². The average molecular weight is 385 g/mol. The highest BCUT2D eigenvalue weighted by Gasteiger charge is 2.23. The van der Waals surface area contributed by atoms with Crippen LogP contribution in [0.2, 0.25) is 0 Å². The summed E-state index contributed by atoms with van der Waals surface area (Å²) in [5.74, 6) is 0.685. The minimum atomic E-state index is -0.569. The molecule has 150 valence electrons. The van der Waals surface area contributed by atoms with Crippen LogP contribution < -0.4 is 15.8 Å². The summed E-state index contributed by atoms with van der Waals surface area (Å²) in [6.45, 7) is 5.39. The van der Waals surface area contributed by atoms with Gasteiger partial charge in [0.1, 0.15) is 0 Å². The number of hydrogen-bond acceptors (Lipinski definition) is 4. The Morgan fingerprint density at radius 1 is 1.29 bits per heavy atom. The molecule has 0 aliphatic heterocycles. The predicted molar refractivity (Wildman–Crippen MR) is 107 cm³/mol. The predicted octanol–water partition coefficient (Wildman–Crippen LogP) is 4.59. The minimum Gasteiger partial charge on any atom is -0.436 e. The summed E-state index contributed by atoms with van der Waals surface area (Å²) < 4.78 is 20.2. The number of pyridine rings is 1. The molecule has 1 amide bonds. The van der Waals surface area contributed by atoms with Gasteiger partial charge in [0.15, 0.2) is 11.6 Å². The maximum atomic E-state index is 14.7. The van der Waals surface area contributed by atoms with Crippen LogP contribution in [0.4, 0.5) is 4.39 Å². The van der Waals surface area contributed by atoms with E-state index in [4.69, 9.17) is 10.5 Å². The maximum Gasteiger partial charge on any atom is 0.250 e. The maximum absolute atomic E-state index is 14.7. The molecule has 0 bridgehead atoms. The number of nitrogens with zero attached hydrogens (tertiary/aromatic N) is 1. The van der Waals surface area contributed by atoms with E-state index < -0.39 is 11.7 Å². The van der Waals surface area contributed by atoms with Crippen LogP contribution in [0.25, 0.3) is 0 Å². The number of hydrogen-bond donors (Lipinski definition) is 2. The highest BCUT2D eigenvalue weighted by molar-refractivity contribution is 5.92. The van der Waals surface area contributed by atoms with E-state index in [9.17, 15) is 9.18 Å². The molecule has 6 heteroatoms. The monoisotopic (exact) mass is 385 g/mol. The molecule has 1 fully saturated rings. The number of halogens is 1. The van der Waals surface area contributed by atoms with Crippen molar-refractivity contribution in [2.24, 2.45) is 17.6 Å². The van der Waals surface area contributed by atoms with Crippen molar-refractivity contribution in [1.82, 2.24) is 10.3 Å². The SMILES string of the molecule is CC(C)CCC(NCC1CC1)c1ccc(Oc2ccc(C(N)=O)cn2)c(F)c1. The number of benzene rings is 1. The van der Waals surface area contributed by atoms with E-state index in [-0.39, 0.29) is 23.2 Å².